The first kappa shape index (κ1) is 24.2. The summed E-state index contributed by atoms with van der Waals surface area (Å²) in [6.45, 7) is 4.27. The van der Waals surface area contributed by atoms with Crippen molar-refractivity contribution in [1.82, 2.24) is 10.1 Å². The van der Waals surface area contributed by atoms with Gasteiger partial charge in [-0.2, -0.15) is 4.98 Å². The lowest BCUT2D eigenvalue weighted by molar-refractivity contribution is -0.134. The number of rotatable bonds is 8. The van der Waals surface area contributed by atoms with Gasteiger partial charge in [-0.3, -0.25) is 9.59 Å². The Kier molecular flexibility index (Phi) is 7.57. The second-order valence-electron chi connectivity index (χ2n) is 8.22. The lowest BCUT2D eigenvalue weighted by Gasteiger charge is -2.08. The summed E-state index contributed by atoms with van der Waals surface area (Å²) < 4.78 is 10.6. The van der Waals surface area contributed by atoms with Crippen LogP contribution in [0.15, 0.2) is 77.3 Å². The fraction of sp³-hybridized carbons (Fsp3) is 0.185. The van der Waals surface area contributed by atoms with E-state index in [2.05, 4.69) is 29.3 Å². The molecular formula is C27H24ClN3O4. The van der Waals surface area contributed by atoms with Crippen LogP contribution in [0.2, 0.25) is 5.02 Å². The first-order chi connectivity index (χ1) is 16.9. The van der Waals surface area contributed by atoms with E-state index in [1.165, 1.54) is 5.56 Å². The summed E-state index contributed by atoms with van der Waals surface area (Å²) >= 11 is 6.06. The summed E-state index contributed by atoms with van der Waals surface area (Å²) in [5.41, 5.74) is 3.01. The summed E-state index contributed by atoms with van der Waals surface area (Å²) in [6, 6.07) is 21.3. The van der Waals surface area contributed by atoms with E-state index in [0.29, 0.717) is 39.7 Å². The van der Waals surface area contributed by atoms with Crippen molar-refractivity contribution in [3.8, 4) is 17.1 Å². The van der Waals surface area contributed by atoms with E-state index in [1.54, 1.807) is 48.5 Å². The van der Waals surface area contributed by atoms with Gasteiger partial charge in [-0.1, -0.05) is 67.0 Å². The molecule has 1 amide bonds. The lowest BCUT2D eigenvalue weighted by atomic mass is 10.0. The summed E-state index contributed by atoms with van der Waals surface area (Å²) in [4.78, 5) is 29.0. The molecule has 0 unspecified atom stereocenters. The maximum Gasteiger partial charge on any atom is 0.311 e. The van der Waals surface area contributed by atoms with Crippen LogP contribution in [0.25, 0.3) is 11.4 Å². The van der Waals surface area contributed by atoms with Crippen LogP contribution in [-0.4, -0.2) is 22.0 Å². The van der Waals surface area contributed by atoms with Gasteiger partial charge < -0.3 is 14.6 Å². The van der Waals surface area contributed by atoms with Crippen LogP contribution in [0.3, 0.4) is 0 Å². The molecule has 3 aromatic carbocycles. The molecule has 35 heavy (non-hydrogen) atoms. The molecule has 0 fully saturated rings. The quantitative estimate of drug-likeness (QED) is 0.230. The van der Waals surface area contributed by atoms with Crippen molar-refractivity contribution in [1.29, 1.82) is 0 Å². The monoisotopic (exact) mass is 489 g/mol. The average molecular weight is 490 g/mol. The number of esters is 1. The van der Waals surface area contributed by atoms with Crippen LogP contribution in [0.1, 0.15) is 48.0 Å². The smallest absolute Gasteiger partial charge is 0.311 e. The van der Waals surface area contributed by atoms with Crippen molar-refractivity contribution in [3.05, 3.63) is 94.8 Å². The Hall–Kier alpha value is -3.97. The fourth-order valence-corrected chi connectivity index (χ4v) is 3.55. The molecule has 0 aliphatic rings. The number of amides is 1. The molecule has 0 radical (unpaired) electrons. The Morgan fingerprint density at radius 1 is 1.00 bits per heavy atom. The average Bonchev–Trinajstić information content (AvgIpc) is 3.33. The van der Waals surface area contributed by atoms with Gasteiger partial charge in [0.05, 0.1) is 17.0 Å². The van der Waals surface area contributed by atoms with Crippen LogP contribution in [0.4, 0.5) is 5.69 Å². The number of halogens is 1. The zero-order valence-electron chi connectivity index (χ0n) is 19.3. The molecule has 7 nitrogen and oxygen atoms in total. The first-order valence-electron chi connectivity index (χ1n) is 11.2. The highest BCUT2D eigenvalue weighted by atomic mass is 35.5. The summed E-state index contributed by atoms with van der Waals surface area (Å²) in [5.74, 6) is 0.899. The molecule has 0 aliphatic heterocycles. The summed E-state index contributed by atoms with van der Waals surface area (Å²) in [7, 11) is 0. The van der Waals surface area contributed by atoms with Gasteiger partial charge in [-0.15, -0.1) is 0 Å². The molecule has 4 rings (SSSR count). The third-order valence-corrected chi connectivity index (χ3v) is 5.64. The summed E-state index contributed by atoms with van der Waals surface area (Å²) in [6.07, 6.45) is 0.348. The van der Waals surface area contributed by atoms with Gasteiger partial charge in [0.1, 0.15) is 5.75 Å². The zero-order valence-corrected chi connectivity index (χ0v) is 20.1. The Balaban J connectivity index is 1.27. The predicted molar refractivity (Wildman–Crippen MR) is 134 cm³/mol. The van der Waals surface area contributed by atoms with Gasteiger partial charge >= 0.3 is 5.97 Å². The fourth-order valence-electron chi connectivity index (χ4n) is 3.33. The van der Waals surface area contributed by atoms with Crippen LogP contribution in [0.5, 0.6) is 5.75 Å². The Bertz CT molecular complexity index is 1320. The number of anilines is 1. The first-order valence-corrected chi connectivity index (χ1v) is 11.6. The molecule has 0 spiro atoms. The molecule has 0 saturated carbocycles. The lowest BCUT2D eigenvalue weighted by Crippen LogP contribution is -2.12. The molecule has 0 aliphatic carbocycles. The second-order valence-corrected chi connectivity index (χ2v) is 8.63. The SMILES string of the molecule is CC(C)c1ccc(-c2noc(CCC(=O)Oc3ccc(NC(=O)c4ccccc4Cl)cc3)n2)cc1. The van der Waals surface area contributed by atoms with E-state index in [0.717, 1.165) is 5.56 Å². The van der Waals surface area contributed by atoms with Crippen LogP contribution < -0.4 is 10.1 Å². The third kappa shape index (κ3) is 6.33. The van der Waals surface area contributed by atoms with Crippen molar-refractivity contribution in [2.75, 3.05) is 5.32 Å². The molecular weight excluding hydrogens is 466 g/mol. The number of benzene rings is 3. The molecule has 1 heterocycles. The van der Waals surface area contributed by atoms with Crippen molar-refractivity contribution >= 4 is 29.2 Å². The van der Waals surface area contributed by atoms with Crippen molar-refractivity contribution in [2.24, 2.45) is 0 Å². The molecule has 0 saturated heterocycles. The zero-order chi connectivity index (χ0) is 24.8. The van der Waals surface area contributed by atoms with E-state index in [1.807, 2.05) is 24.3 Å². The predicted octanol–water partition coefficient (Wildman–Crippen LogP) is 6.30. The van der Waals surface area contributed by atoms with Crippen LogP contribution in [-0.2, 0) is 11.2 Å². The number of aryl methyl sites for hydroxylation is 1. The number of ether oxygens (including phenoxy) is 1. The van der Waals surface area contributed by atoms with Gasteiger partial charge in [0, 0.05) is 17.7 Å². The maximum atomic E-state index is 12.4. The number of carbonyl (C=O) groups is 2. The third-order valence-electron chi connectivity index (χ3n) is 5.31. The van der Waals surface area contributed by atoms with E-state index < -0.39 is 5.97 Å². The Morgan fingerprint density at radius 3 is 2.40 bits per heavy atom. The number of hydrogen-bond donors (Lipinski definition) is 1. The molecule has 1 N–H and O–H groups in total. The minimum atomic E-state index is -0.432. The summed E-state index contributed by atoms with van der Waals surface area (Å²) in [5, 5.41) is 7.13. The number of nitrogens with one attached hydrogen (secondary N) is 1. The number of aromatic nitrogens is 2. The minimum absolute atomic E-state index is 0.0823. The van der Waals surface area contributed by atoms with Gasteiger partial charge in [-0.25, -0.2) is 0 Å². The highest BCUT2D eigenvalue weighted by Gasteiger charge is 2.13. The van der Waals surface area contributed by atoms with Gasteiger partial charge in [-0.05, 0) is 47.9 Å². The molecule has 0 atom stereocenters. The molecule has 0 bridgehead atoms. The van der Waals surface area contributed by atoms with Crippen molar-refractivity contribution in [3.63, 3.8) is 0 Å². The normalized spacial score (nSPS) is 10.9. The molecule has 4 aromatic rings. The number of nitrogens with zero attached hydrogens (tertiary/aromatic N) is 2. The molecule has 178 valence electrons. The largest absolute Gasteiger partial charge is 0.427 e. The highest BCUT2D eigenvalue weighted by molar-refractivity contribution is 6.34. The van der Waals surface area contributed by atoms with E-state index >= 15 is 0 Å². The van der Waals surface area contributed by atoms with E-state index in [9.17, 15) is 9.59 Å². The van der Waals surface area contributed by atoms with Gasteiger partial charge in [0.25, 0.3) is 5.91 Å². The van der Waals surface area contributed by atoms with Crippen molar-refractivity contribution < 1.29 is 18.8 Å². The maximum absolute atomic E-state index is 12.4. The van der Waals surface area contributed by atoms with Crippen LogP contribution >= 0.6 is 11.6 Å². The van der Waals surface area contributed by atoms with Crippen LogP contribution in [0, 0.1) is 0 Å². The minimum Gasteiger partial charge on any atom is -0.427 e. The van der Waals surface area contributed by atoms with Crippen molar-refractivity contribution in [2.45, 2.75) is 32.6 Å². The second kappa shape index (κ2) is 11.0. The van der Waals surface area contributed by atoms with E-state index in [4.69, 9.17) is 20.9 Å². The molecule has 1 aromatic heterocycles. The standard InChI is InChI=1S/C27H24ClN3O4/c1-17(2)18-7-9-19(10-8-18)26-30-24(35-31-26)15-16-25(32)34-21-13-11-20(12-14-21)29-27(33)22-5-3-4-6-23(22)28/h3-14,17H,15-16H2,1-2H3,(H,29,33). The topological polar surface area (TPSA) is 94.3 Å². The highest BCUT2D eigenvalue weighted by Crippen LogP contribution is 2.22. The van der Waals surface area contributed by atoms with E-state index in [-0.39, 0.29) is 18.7 Å². The Morgan fingerprint density at radius 2 is 1.71 bits per heavy atom. The Labute approximate surface area is 208 Å². The van der Waals surface area contributed by atoms with Gasteiger partial charge in [0.2, 0.25) is 11.7 Å². The number of hydrogen-bond acceptors (Lipinski definition) is 6. The number of carbonyl (C=O) groups excluding carboxylic acids is 2. The molecule has 8 heteroatoms. The van der Waals surface area contributed by atoms with Gasteiger partial charge in [0.15, 0.2) is 0 Å².